The third-order valence-electron chi connectivity index (χ3n) is 2.74. The smallest absolute Gasteiger partial charge is 0.0638 e. The molecule has 0 saturated carbocycles. The molecule has 0 aliphatic rings. The van der Waals surface area contributed by atoms with Gasteiger partial charge in [-0.25, -0.2) is 0 Å². The summed E-state index contributed by atoms with van der Waals surface area (Å²) in [6, 6.07) is 10.9. The van der Waals surface area contributed by atoms with Crippen LogP contribution >= 0.6 is 46.4 Å². The molecule has 0 spiro atoms. The number of hydrogen-bond acceptors (Lipinski definition) is 1. The maximum absolute atomic E-state index is 6.12. The number of rotatable bonds is 3. The van der Waals surface area contributed by atoms with E-state index in [1.165, 1.54) is 0 Å². The maximum Gasteiger partial charge on any atom is 0.0638 e. The molecule has 2 aromatic carbocycles. The summed E-state index contributed by atoms with van der Waals surface area (Å²) in [5, 5.41) is 5.62. The molecule has 0 heterocycles. The fourth-order valence-electron chi connectivity index (χ4n) is 1.71. The zero-order valence-corrected chi connectivity index (χ0v) is 13.1. The average molecular weight is 335 g/mol. The highest BCUT2D eigenvalue weighted by Gasteiger charge is 2.10. The van der Waals surface area contributed by atoms with Crippen molar-refractivity contribution in [3.05, 3.63) is 62.1 Å². The molecule has 0 bridgehead atoms. The molecule has 1 N–H and O–H groups in total. The van der Waals surface area contributed by atoms with E-state index in [2.05, 4.69) is 5.32 Å². The van der Waals surface area contributed by atoms with Gasteiger partial charge in [0.25, 0.3) is 0 Å². The molecule has 1 atom stereocenters. The highest BCUT2D eigenvalue weighted by molar-refractivity contribution is 6.42. The molecule has 0 aromatic heterocycles. The van der Waals surface area contributed by atoms with E-state index in [1.807, 2.05) is 19.1 Å². The number of benzene rings is 2. The average Bonchev–Trinajstić information content (AvgIpc) is 2.37. The van der Waals surface area contributed by atoms with E-state index in [0.29, 0.717) is 20.1 Å². The molecule has 1 nitrogen and oxygen atoms in total. The summed E-state index contributed by atoms with van der Waals surface area (Å²) in [6.45, 7) is 2.01. The van der Waals surface area contributed by atoms with Crippen LogP contribution < -0.4 is 5.32 Å². The van der Waals surface area contributed by atoms with Gasteiger partial charge in [-0.1, -0.05) is 52.5 Å². The van der Waals surface area contributed by atoms with Gasteiger partial charge in [0.05, 0.1) is 20.8 Å². The molecule has 0 radical (unpaired) electrons. The molecular formula is C14H11Cl4N. The summed E-state index contributed by atoms with van der Waals surface area (Å²) in [6.07, 6.45) is 0. The standard InChI is InChI=1S/C14H11Cl4N/c1-8(9-2-4-11(16)13(18)6-9)19-14-7-10(15)3-5-12(14)17/h2-8,19H,1H3. The van der Waals surface area contributed by atoms with Gasteiger partial charge >= 0.3 is 0 Å². The quantitative estimate of drug-likeness (QED) is 0.677. The Morgan fingerprint density at radius 2 is 1.53 bits per heavy atom. The van der Waals surface area contributed by atoms with E-state index < -0.39 is 0 Å². The Kier molecular flexibility index (Phi) is 4.86. The summed E-state index contributed by atoms with van der Waals surface area (Å²) < 4.78 is 0. The van der Waals surface area contributed by atoms with E-state index in [4.69, 9.17) is 46.4 Å². The molecule has 0 saturated heterocycles. The Morgan fingerprint density at radius 1 is 0.842 bits per heavy atom. The van der Waals surface area contributed by atoms with Crippen molar-refractivity contribution in [1.82, 2.24) is 0 Å². The van der Waals surface area contributed by atoms with Crippen LogP contribution in [0, 0.1) is 0 Å². The summed E-state index contributed by atoms with van der Waals surface area (Å²) in [4.78, 5) is 0. The first-order valence-corrected chi connectivity index (χ1v) is 7.15. The molecular weight excluding hydrogens is 324 g/mol. The van der Waals surface area contributed by atoms with Gasteiger partial charge in [-0.3, -0.25) is 0 Å². The van der Waals surface area contributed by atoms with Crippen molar-refractivity contribution in [3.8, 4) is 0 Å². The highest BCUT2D eigenvalue weighted by Crippen LogP contribution is 2.31. The molecule has 19 heavy (non-hydrogen) atoms. The Balaban J connectivity index is 2.22. The Morgan fingerprint density at radius 3 is 2.21 bits per heavy atom. The zero-order chi connectivity index (χ0) is 14.0. The largest absolute Gasteiger partial charge is 0.377 e. The molecule has 2 aromatic rings. The van der Waals surface area contributed by atoms with Gasteiger partial charge in [-0.05, 0) is 42.8 Å². The van der Waals surface area contributed by atoms with Gasteiger partial charge in [0.15, 0.2) is 0 Å². The third-order valence-corrected chi connectivity index (χ3v) is 4.05. The van der Waals surface area contributed by atoms with Crippen LogP contribution in [0.25, 0.3) is 0 Å². The lowest BCUT2D eigenvalue weighted by Gasteiger charge is -2.17. The summed E-state index contributed by atoms with van der Waals surface area (Å²) in [7, 11) is 0. The van der Waals surface area contributed by atoms with Gasteiger partial charge in [-0.15, -0.1) is 0 Å². The van der Waals surface area contributed by atoms with Gasteiger partial charge in [0, 0.05) is 11.1 Å². The molecule has 0 fully saturated rings. The summed E-state index contributed by atoms with van der Waals surface area (Å²) >= 11 is 24.0. The Hall–Kier alpha value is -0.600. The van der Waals surface area contributed by atoms with Crippen LogP contribution in [-0.2, 0) is 0 Å². The van der Waals surface area contributed by atoms with Crippen molar-refractivity contribution in [2.45, 2.75) is 13.0 Å². The SMILES string of the molecule is CC(Nc1cc(Cl)ccc1Cl)c1ccc(Cl)c(Cl)c1. The minimum absolute atomic E-state index is 0.0331. The predicted molar refractivity (Wildman–Crippen MR) is 85.0 cm³/mol. The first-order chi connectivity index (χ1) is 8.97. The normalized spacial score (nSPS) is 12.3. The van der Waals surface area contributed by atoms with Crippen molar-refractivity contribution >= 4 is 52.1 Å². The first kappa shape index (κ1) is 14.8. The first-order valence-electron chi connectivity index (χ1n) is 5.64. The summed E-state index contributed by atoms with van der Waals surface area (Å²) in [5.41, 5.74) is 1.80. The zero-order valence-electron chi connectivity index (χ0n) is 10.1. The van der Waals surface area contributed by atoms with E-state index in [9.17, 15) is 0 Å². The Bertz CT molecular complexity index is 598. The molecule has 2 rings (SSSR count). The second-order valence-corrected chi connectivity index (χ2v) is 5.82. The molecule has 0 amide bonds. The van der Waals surface area contributed by atoms with E-state index in [-0.39, 0.29) is 6.04 Å². The van der Waals surface area contributed by atoms with Gasteiger partial charge in [0.1, 0.15) is 0 Å². The predicted octanol–water partition coefficient (Wildman–Crippen LogP) is 6.47. The maximum atomic E-state index is 6.12. The van der Waals surface area contributed by atoms with Crippen molar-refractivity contribution in [2.24, 2.45) is 0 Å². The fraction of sp³-hybridized carbons (Fsp3) is 0.143. The van der Waals surface area contributed by atoms with Gasteiger partial charge in [0.2, 0.25) is 0 Å². The van der Waals surface area contributed by atoms with Gasteiger partial charge in [-0.2, -0.15) is 0 Å². The molecule has 1 unspecified atom stereocenters. The molecule has 100 valence electrons. The number of anilines is 1. The monoisotopic (exact) mass is 333 g/mol. The van der Waals surface area contributed by atoms with E-state index >= 15 is 0 Å². The second-order valence-electron chi connectivity index (χ2n) is 4.16. The van der Waals surface area contributed by atoms with Crippen molar-refractivity contribution in [2.75, 3.05) is 5.32 Å². The van der Waals surface area contributed by atoms with E-state index in [0.717, 1.165) is 11.3 Å². The van der Waals surface area contributed by atoms with Crippen molar-refractivity contribution in [3.63, 3.8) is 0 Å². The second kappa shape index (κ2) is 6.23. The number of halogens is 4. The minimum atomic E-state index is 0.0331. The fourth-order valence-corrected chi connectivity index (χ4v) is 2.36. The molecule has 0 aliphatic carbocycles. The van der Waals surface area contributed by atoms with Crippen LogP contribution in [-0.4, -0.2) is 0 Å². The lowest BCUT2D eigenvalue weighted by molar-refractivity contribution is 0.885. The van der Waals surface area contributed by atoms with Crippen LogP contribution in [0.15, 0.2) is 36.4 Å². The van der Waals surface area contributed by atoms with Crippen molar-refractivity contribution in [1.29, 1.82) is 0 Å². The molecule has 5 heteroatoms. The van der Waals surface area contributed by atoms with Gasteiger partial charge < -0.3 is 5.32 Å². The van der Waals surface area contributed by atoms with Crippen LogP contribution in [0.3, 0.4) is 0 Å². The topological polar surface area (TPSA) is 12.0 Å². The van der Waals surface area contributed by atoms with Crippen LogP contribution in [0.2, 0.25) is 20.1 Å². The number of nitrogens with one attached hydrogen (secondary N) is 1. The van der Waals surface area contributed by atoms with Crippen LogP contribution in [0.1, 0.15) is 18.5 Å². The Labute approximate surface area is 132 Å². The summed E-state index contributed by atoms with van der Waals surface area (Å²) in [5.74, 6) is 0. The van der Waals surface area contributed by atoms with Crippen molar-refractivity contribution < 1.29 is 0 Å². The molecule has 0 aliphatic heterocycles. The lowest BCUT2D eigenvalue weighted by Crippen LogP contribution is -2.07. The van der Waals surface area contributed by atoms with Crippen LogP contribution in [0.4, 0.5) is 5.69 Å². The highest BCUT2D eigenvalue weighted by atomic mass is 35.5. The lowest BCUT2D eigenvalue weighted by atomic mass is 10.1. The number of hydrogen-bond donors (Lipinski definition) is 1. The minimum Gasteiger partial charge on any atom is -0.377 e. The van der Waals surface area contributed by atoms with Crippen LogP contribution in [0.5, 0.6) is 0 Å². The van der Waals surface area contributed by atoms with E-state index in [1.54, 1.807) is 24.3 Å². The third kappa shape index (κ3) is 3.70.